The summed E-state index contributed by atoms with van der Waals surface area (Å²) < 4.78 is 0. The first-order chi connectivity index (χ1) is 11.0. The van der Waals surface area contributed by atoms with Gasteiger partial charge in [-0.3, -0.25) is 14.4 Å². The van der Waals surface area contributed by atoms with Gasteiger partial charge in [-0.15, -0.1) is 11.8 Å². The van der Waals surface area contributed by atoms with Crippen LogP contribution in [-0.2, 0) is 9.59 Å². The average molecular weight is 334 g/mol. The van der Waals surface area contributed by atoms with E-state index in [2.05, 4.69) is 5.32 Å². The van der Waals surface area contributed by atoms with Crippen molar-refractivity contribution in [3.8, 4) is 0 Å². The zero-order chi connectivity index (χ0) is 16.6. The summed E-state index contributed by atoms with van der Waals surface area (Å²) >= 11 is 1.48. The molecule has 1 aromatic rings. The number of aliphatic carboxylic acids is 1. The largest absolute Gasteiger partial charge is 0.481 e. The van der Waals surface area contributed by atoms with E-state index in [4.69, 9.17) is 5.11 Å². The lowest BCUT2D eigenvalue weighted by Crippen LogP contribution is -2.40. The third kappa shape index (κ3) is 3.19. The molecule has 0 saturated carbocycles. The maximum absolute atomic E-state index is 12.6. The summed E-state index contributed by atoms with van der Waals surface area (Å²) in [6.45, 7) is 2.74. The summed E-state index contributed by atoms with van der Waals surface area (Å²) in [5.74, 6) is -1.33. The van der Waals surface area contributed by atoms with Gasteiger partial charge in [-0.05, 0) is 38.0 Å². The number of rotatable bonds is 2. The Morgan fingerprint density at radius 2 is 2.00 bits per heavy atom. The van der Waals surface area contributed by atoms with Gasteiger partial charge in [0.05, 0.1) is 16.9 Å². The molecule has 0 radical (unpaired) electrons. The van der Waals surface area contributed by atoms with Gasteiger partial charge in [0.1, 0.15) is 0 Å². The Bertz CT molecular complexity index is 668. The van der Waals surface area contributed by atoms with Crippen LogP contribution in [0, 0.1) is 5.92 Å². The molecule has 0 aliphatic carbocycles. The molecule has 2 N–H and O–H groups in total. The second kappa shape index (κ2) is 6.23. The van der Waals surface area contributed by atoms with Gasteiger partial charge in [-0.2, -0.15) is 0 Å². The Kier molecular flexibility index (Phi) is 4.30. The number of anilines is 1. The van der Waals surface area contributed by atoms with E-state index in [1.165, 1.54) is 11.8 Å². The minimum absolute atomic E-state index is 0.0608. The van der Waals surface area contributed by atoms with Gasteiger partial charge in [0.25, 0.3) is 5.91 Å². The van der Waals surface area contributed by atoms with Crippen LogP contribution >= 0.6 is 11.8 Å². The lowest BCUT2D eigenvalue weighted by molar-refractivity contribution is -0.143. The number of likely N-dealkylation sites (tertiary alicyclic amines) is 1. The number of thioether (sulfide) groups is 1. The van der Waals surface area contributed by atoms with Crippen molar-refractivity contribution in [1.29, 1.82) is 0 Å². The fraction of sp³-hybridized carbons (Fsp3) is 0.438. The molecule has 2 heterocycles. The molecule has 0 bridgehead atoms. The van der Waals surface area contributed by atoms with Crippen molar-refractivity contribution in [2.24, 2.45) is 5.92 Å². The number of carbonyl (C=O) groups is 3. The number of amides is 2. The second-order valence-corrected chi connectivity index (χ2v) is 7.25. The smallest absolute Gasteiger partial charge is 0.306 e. The van der Waals surface area contributed by atoms with E-state index < -0.39 is 5.97 Å². The minimum Gasteiger partial charge on any atom is -0.481 e. The van der Waals surface area contributed by atoms with Gasteiger partial charge in [0, 0.05) is 23.5 Å². The lowest BCUT2D eigenvalue weighted by atomic mass is 9.96. The maximum Gasteiger partial charge on any atom is 0.306 e. The molecule has 2 aliphatic rings. The Balaban J connectivity index is 1.73. The highest BCUT2D eigenvalue weighted by molar-refractivity contribution is 8.00. The first-order valence-electron chi connectivity index (χ1n) is 7.59. The number of benzene rings is 1. The monoisotopic (exact) mass is 334 g/mol. The molecule has 7 heteroatoms. The van der Waals surface area contributed by atoms with Crippen LogP contribution < -0.4 is 5.32 Å². The molecule has 1 saturated heterocycles. The number of nitrogens with zero attached hydrogens (tertiary/aromatic N) is 1. The molecule has 0 spiro atoms. The predicted octanol–water partition coefficient (Wildman–Crippen LogP) is 2.06. The SMILES string of the molecule is C[C@@H]1Sc2ccc(C(=O)N3CCC(C(=O)O)CC3)cc2NC1=O. The number of hydrogen-bond acceptors (Lipinski definition) is 4. The van der Waals surface area contributed by atoms with E-state index in [1.807, 2.05) is 13.0 Å². The molecule has 3 rings (SSSR count). The van der Waals surface area contributed by atoms with E-state index in [-0.39, 0.29) is 23.0 Å². The molecule has 122 valence electrons. The average Bonchev–Trinajstić information content (AvgIpc) is 2.55. The molecule has 6 nitrogen and oxygen atoms in total. The summed E-state index contributed by atoms with van der Waals surface area (Å²) in [6.07, 6.45) is 0.965. The molecule has 1 fully saturated rings. The van der Waals surface area contributed by atoms with Crippen LogP contribution in [0.4, 0.5) is 5.69 Å². The molecule has 1 atom stereocenters. The molecular weight excluding hydrogens is 316 g/mol. The Morgan fingerprint density at radius 1 is 1.30 bits per heavy atom. The second-order valence-electron chi connectivity index (χ2n) is 5.86. The van der Waals surface area contributed by atoms with Crippen LogP contribution in [0.25, 0.3) is 0 Å². The summed E-state index contributed by atoms with van der Waals surface area (Å²) in [6, 6.07) is 5.33. The first-order valence-corrected chi connectivity index (χ1v) is 8.47. The number of carboxylic acids is 1. The number of carbonyl (C=O) groups excluding carboxylic acids is 2. The van der Waals surface area contributed by atoms with Crippen LogP contribution in [0.15, 0.2) is 23.1 Å². The van der Waals surface area contributed by atoms with E-state index in [0.29, 0.717) is 37.2 Å². The summed E-state index contributed by atoms with van der Waals surface area (Å²) in [7, 11) is 0. The van der Waals surface area contributed by atoms with Crippen molar-refractivity contribution < 1.29 is 19.5 Å². The Morgan fingerprint density at radius 3 is 2.65 bits per heavy atom. The van der Waals surface area contributed by atoms with Crippen molar-refractivity contribution >= 4 is 35.2 Å². The van der Waals surface area contributed by atoms with E-state index in [0.717, 1.165) is 4.90 Å². The van der Waals surface area contributed by atoms with Crippen molar-refractivity contribution in [2.75, 3.05) is 18.4 Å². The fourth-order valence-corrected chi connectivity index (χ4v) is 3.78. The highest BCUT2D eigenvalue weighted by atomic mass is 32.2. The van der Waals surface area contributed by atoms with Gasteiger partial charge in [0.15, 0.2) is 0 Å². The van der Waals surface area contributed by atoms with Crippen molar-refractivity contribution in [2.45, 2.75) is 29.9 Å². The van der Waals surface area contributed by atoms with Crippen LogP contribution in [-0.4, -0.2) is 46.1 Å². The number of piperidine rings is 1. The maximum atomic E-state index is 12.6. The van der Waals surface area contributed by atoms with Gasteiger partial charge in [0.2, 0.25) is 5.91 Å². The summed E-state index contributed by atoms with van der Waals surface area (Å²) in [5, 5.41) is 11.7. The summed E-state index contributed by atoms with van der Waals surface area (Å²) in [5.41, 5.74) is 1.19. The number of fused-ring (bicyclic) bond motifs is 1. The highest BCUT2D eigenvalue weighted by Crippen LogP contribution is 2.36. The third-order valence-corrected chi connectivity index (χ3v) is 5.47. The highest BCUT2D eigenvalue weighted by Gasteiger charge is 2.29. The number of nitrogens with one attached hydrogen (secondary N) is 1. The van der Waals surface area contributed by atoms with Gasteiger partial charge >= 0.3 is 5.97 Å². The third-order valence-electron chi connectivity index (χ3n) is 4.29. The van der Waals surface area contributed by atoms with Crippen molar-refractivity contribution in [1.82, 2.24) is 4.90 Å². The lowest BCUT2D eigenvalue weighted by Gasteiger charge is -2.30. The van der Waals surface area contributed by atoms with Crippen molar-refractivity contribution in [3.05, 3.63) is 23.8 Å². The van der Waals surface area contributed by atoms with E-state index >= 15 is 0 Å². The molecule has 1 aromatic carbocycles. The van der Waals surface area contributed by atoms with Crippen LogP contribution in [0.5, 0.6) is 0 Å². The Labute approximate surface area is 138 Å². The van der Waals surface area contributed by atoms with Crippen LogP contribution in [0.2, 0.25) is 0 Å². The molecule has 0 aromatic heterocycles. The molecular formula is C16H18N2O4S. The van der Waals surface area contributed by atoms with E-state index in [1.54, 1.807) is 17.0 Å². The molecule has 0 unspecified atom stereocenters. The normalized spacial score (nSPS) is 21.5. The fourth-order valence-electron chi connectivity index (χ4n) is 2.85. The molecule has 2 amide bonds. The molecule has 23 heavy (non-hydrogen) atoms. The van der Waals surface area contributed by atoms with Crippen LogP contribution in [0.3, 0.4) is 0 Å². The first kappa shape index (κ1) is 15.9. The zero-order valence-electron chi connectivity index (χ0n) is 12.7. The van der Waals surface area contributed by atoms with Gasteiger partial charge < -0.3 is 15.3 Å². The van der Waals surface area contributed by atoms with E-state index in [9.17, 15) is 14.4 Å². The van der Waals surface area contributed by atoms with Crippen LogP contribution in [0.1, 0.15) is 30.1 Å². The molecule has 2 aliphatic heterocycles. The Hall–Kier alpha value is -2.02. The minimum atomic E-state index is -0.792. The number of carboxylic acid groups (broad SMARTS) is 1. The summed E-state index contributed by atoms with van der Waals surface area (Å²) in [4.78, 5) is 37.9. The predicted molar refractivity (Wildman–Crippen MR) is 86.7 cm³/mol. The standard InChI is InChI=1S/C16H18N2O4S/c1-9-14(19)17-12-8-11(2-3-13(12)23-9)15(20)18-6-4-10(5-7-18)16(21)22/h2-3,8-10H,4-7H2,1H3,(H,17,19)(H,21,22)/t9-/m0/s1. The topological polar surface area (TPSA) is 86.7 Å². The number of hydrogen-bond donors (Lipinski definition) is 2. The van der Waals surface area contributed by atoms with Gasteiger partial charge in [-0.1, -0.05) is 0 Å². The quantitative estimate of drug-likeness (QED) is 0.864. The van der Waals surface area contributed by atoms with Crippen molar-refractivity contribution in [3.63, 3.8) is 0 Å². The van der Waals surface area contributed by atoms with Gasteiger partial charge in [-0.25, -0.2) is 0 Å². The zero-order valence-corrected chi connectivity index (χ0v) is 13.6.